The molecule has 0 aliphatic rings. The van der Waals surface area contributed by atoms with Crippen molar-refractivity contribution in [2.45, 2.75) is 0 Å². The Hall–Kier alpha value is -0.550. The SMILES string of the molecule is CN=C(N)Nc1cc(Br)ccc1Br. The van der Waals surface area contributed by atoms with Gasteiger partial charge >= 0.3 is 0 Å². The Morgan fingerprint density at radius 2 is 2.15 bits per heavy atom. The fraction of sp³-hybridized carbons (Fsp3) is 0.125. The van der Waals surface area contributed by atoms with Gasteiger partial charge in [-0.2, -0.15) is 0 Å². The Labute approximate surface area is 93.7 Å². The van der Waals surface area contributed by atoms with E-state index in [0.29, 0.717) is 5.96 Å². The third-order valence-corrected chi connectivity index (χ3v) is 2.62. The molecule has 1 aromatic carbocycles. The maximum absolute atomic E-state index is 5.53. The van der Waals surface area contributed by atoms with E-state index < -0.39 is 0 Å². The first-order valence-corrected chi connectivity index (χ1v) is 5.16. The van der Waals surface area contributed by atoms with Crippen molar-refractivity contribution in [3.05, 3.63) is 27.1 Å². The van der Waals surface area contributed by atoms with Crippen LogP contribution < -0.4 is 11.1 Å². The van der Waals surface area contributed by atoms with Crippen LogP contribution >= 0.6 is 31.9 Å². The van der Waals surface area contributed by atoms with Crippen molar-refractivity contribution in [3.63, 3.8) is 0 Å². The normalized spacial score (nSPS) is 11.5. The highest BCUT2D eigenvalue weighted by Gasteiger charge is 2.00. The zero-order chi connectivity index (χ0) is 9.84. The van der Waals surface area contributed by atoms with Crippen LogP contribution in [0.2, 0.25) is 0 Å². The van der Waals surface area contributed by atoms with E-state index in [2.05, 4.69) is 42.2 Å². The van der Waals surface area contributed by atoms with Crippen molar-refractivity contribution in [1.29, 1.82) is 0 Å². The van der Waals surface area contributed by atoms with E-state index in [1.54, 1.807) is 7.05 Å². The minimum atomic E-state index is 0.388. The standard InChI is InChI=1S/C8H9Br2N3/c1-12-8(11)13-7-4-5(9)2-3-6(7)10/h2-4H,1H3,(H3,11,12,13). The first-order valence-electron chi connectivity index (χ1n) is 3.58. The summed E-state index contributed by atoms with van der Waals surface area (Å²) in [6, 6.07) is 5.78. The number of halogens is 2. The summed E-state index contributed by atoms with van der Waals surface area (Å²) in [5, 5.41) is 2.95. The second kappa shape index (κ2) is 4.62. The molecule has 0 saturated carbocycles. The molecule has 1 rings (SSSR count). The average Bonchev–Trinajstić information content (AvgIpc) is 2.11. The van der Waals surface area contributed by atoms with Gasteiger partial charge in [0.05, 0.1) is 5.69 Å². The summed E-state index contributed by atoms with van der Waals surface area (Å²) in [5.74, 6) is 0.388. The molecule has 0 aliphatic heterocycles. The lowest BCUT2D eigenvalue weighted by Crippen LogP contribution is -2.22. The molecule has 0 aromatic heterocycles. The van der Waals surface area contributed by atoms with Crippen molar-refractivity contribution in [1.82, 2.24) is 0 Å². The van der Waals surface area contributed by atoms with Crippen LogP contribution in [0.25, 0.3) is 0 Å². The van der Waals surface area contributed by atoms with Crippen LogP contribution in [0, 0.1) is 0 Å². The largest absolute Gasteiger partial charge is 0.370 e. The third kappa shape index (κ3) is 3.00. The van der Waals surface area contributed by atoms with Gasteiger partial charge in [0.1, 0.15) is 0 Å². The van der Waals surface area contributed by atoms with E-state index in [1.807, 2.05) is 18.2 Å². The molecule has 0 bridgehead atoms. The summed E-state index contributed by atoms with van der Waals surface area (Å²) < 4.78 is 1.93. The number of nitrogens with zero attached hydrogens (tertiary/aromatic N) is 1. The van der Waals surface area contributed by atoms with E-state index in [-0.39, 0.29) is 0 Å². The average molecular weight is 307 g/mol. The molecule has 0 heterocycles. The Balaban J connectivity index is 2.94. The lowest BCUT2D eigenvalue weighted by Gasteiger charge is -2.07. The fourth-order valence-corrected chi connectivity index (χ4v) is 1.49. The zero-order valence-electron chi connectivity index (χ0n) is 7.01. The summed E-state index contributed by atoms with van der Waals surface area (Å²) in [7, 11) is 1.63. The van der Waals surface area contributed by atoms with Gasteiger partial charge in [-0.15, -0.1) is 0 Å². The Morgan fingerprint density at radius 1 is 1.46 bits per heavy atom. The molecule has 3 N–H and O–H groups in total. The lowest BCUT2D eigenvalue weighted by molar-refractivity contribution is 1.37. The molecule has 70 valence electrons. The minimum Gasteiger partial charge on any atom is -0.370 e. The van der Waals surface area contributed by atoms with Gasteiger partial charge in [-0.3, -0.25) is 4.99 Å². The van der Waals surface area contributed by atoms with Gasteiger partial charge in [0.2, 0.25) is 0 Å². The summed E-state index contributed by atoms with van der Waals surface area (Å²) >= 11 is 6.76. The number of hydrogen-bond donors (Lipinski definition) is 2. The summed E-state index contributed by atoms with van der Waals surface area (Å²) in [5.41, 5.74) is 6.41. The van der Waals surface area contributed by atoms with Crippen LogP contribution in [-0.2, 0) is 0 Å². The van der Waals surface area contributed by atoms with Crippen LogP contribution in [0.3, 0.4) is 0 Å². The summed E-state index contributed by atoms with van der Waals surface area (Å²) in [6.45, 7) is 0. The number of rotatable bonds is 1. The lowest BCUT2D eigenvalue weighted by atomic mass is 10.3. The number of hydrogen-bond acceptors (Lipinski definition) is 1. The number of nitrogens with one attached hydrogen (secondary N) is 1. The number of benzene rings is 1. The molecule has 0 radical (unpaired) electrons. The van der Waals surface area contributed by atoms with E-state index in [0.717, 1.165) is 14.6 Å². The molecule has 0 atom stereocenters. The smallest absolute Gasteiger partial charge is 0.192 e. The number of aliphatic imine (C=N–C) groups is 1. The van der Waals surface area contributed by atoms with Crippen molar-refractivity contribution >= 4 is 43.5 Å². The fourth-order valence-electron chi connectivity index (χ4n) is 0.787. The predicted octanol–water partition coefficient (Wildman–Crippen LogP) is 2.57. The molecular weight excluding hydrogens is 298 g/mol. The molecule has 1 aromatic rings. The highest BCUT2D eigenvalue weighted by atomic mass is 79.9. The van der Waals surface area contributed by atoms with Crippen LogP contribution in [0.4, 0.5) is 5.69 Å². The third-order valence-electron chi connectivity index (χ3n) is 1.43. The molecule has 13 heavy (non-hydrogen) atoms. The van der Waals surface area contributed by atoms with Crippen molar-refractivity contribution in [3.8, 4) is 0 Å². The van der Waals surface area contributed by atoms with E-state index in [1.165, 1.54) is 0 Å². The molecule has 0 fully saturated rings. The first-order chi connectivity index (χ1) is 6.13. The molecule has 0 amide bonds. The second-order valence-corrected chi connectivity index (χ2v) is 4.13. The number of anilines is 1. The van der Waals surface area contributed by atoms with Gasteiger partial charge in [-0.05, 0) is 34.1 Å². The monoisotopic (exact) mass is 305 g/mol. The van der Waals surface area contributed by atoms with E-state index in [4.69, 9.17) is 5.73 Å². The first kappa shape index (κ1) is 10.5. The molecule has 0 saturated heterocycles. The summed E-state index contributed by atoms with van der Waals surface area (Å²) in [4.78, 5) is 3.80. The molecule has 5 heteroatoms. The summed E-state index contributed by atoms with van der Waals surface area (Å²) in [6.07, 6.45) is 0. The zero-order valence-corrected chi connectivity index (χ0v) is 10.2. The van der Waals surface area contributed by atoms with Gasteiger partial charge in [-0.1, -0.05) is 15.9 Å². The van der Waals surface area contributed by atoms with Crippen LogP contribution in [0.1, 0.15) is 0 Å². The van der Waals surface area contributed by atoms with Gasteiger partial charge in [0, 0.05) is 16.0 Å². The second-order valence-electron chi connectivity index (χ2n) is 2.36. The number of nitrogens with two attached hydrogens (primary N) is 1. The minimum absolute atomic E-state index is 0.388. The molecule has 0 spiro atoms. The van der Waals surface area contributed by atoms with Gasteiger partial charge in [-0.25, -0.2) is 0 Å². The van der Waals surface area contributed by atoms with Crippen LogP contribution in [0.5, 0.6) is 0 Å². The predicted molar refractivity (Wildman–Crippen MR) is 63.0 cm³/mol. The van der Waals surface area contributed by atoms with Crippen molar-refractivity contribution < 1.29 is 0 Å². The maximum Gasteiger partial charge on any atom is 0.192 e. The maximum atomic E-state index is 5.53. The Kier molecular flexibility index (Phi) is 3.74. The van der Waals surface area contributed by atoms with Gasteiger partial charge in [0.25, 0.3) is 0 Å². The molecular formula is C8H9Br2N3. The van der Waals surface area contributed by atoms with Gasteiger partial charge in [0.15, 0.2) is 5.96 Å². The molecule has 0 aliphatic carbocycles. The highest BCUT2D eigenvalue weighted by molar-refractivity contribution is 9.11. The van der Waals surface area contributed by atoms with E-state index in [9.17, 15) is 0 Å². The number of guanidine groups is 1. The molecule has 3 nitrogen and oxygen atoms in total. The van der Waals surface area contributed by atoms with Gasteiger partial charge < -0.3 is 11.1 Å². The van der Waals surface area contributed by atoms with Crippen LogP contribution in [-0.4, -0.2) is 13.0 Å². The quantitative estimate of drug-likeness (QED) is 0.619. The topological polar surface area (TPSA) is 50.4 Å². The Morgan fingerprint density at radius 3 is 2.77 bits per heavy atom. The van der Waals surface area contributed by atoms with Crippen LogP contribution in [0.15, 0.2) is 32.1 Å². The Bertz CT molecular complexity index is 336. The van der Waals surface area contributed by atoms with E-state index >= 15 is 0 Å². The molecule has 0 unspecified atom stereocenters. The van der Waals surface area contributed by atoms with Crippen molar-refractivity contribution in [2.75, 3.05) is 12.4 Å². The highest BCUT2D eigenvalue weighted by Crippen LogP contribution is 2.25. The van der Waals surface area contributed by atoms with Crippen molar-refractivity contribution in [2.24, 2.45) is 10.7 Å².